The predicted octanol–water partition coefficient (Wildman–Crippen LogP) is 1.43. The zero-order valence-corrected chi connectivity index (χ0v) is 16.6. The minimum Gasteiger partial charge on any atom is -0.490 e. The third kappa shape index (κ3) is 5.45. The zero-order chi connectivity index (χ0) is 19.8. The van der Waals surface area contributed by atoms with Gasteiger partial charge in [0.25, 0.3) is 5.91 Å². The molecule has 154 valence electrons. The standard InChI is InChI=1S/C21H31N3O4/c1-27-12-13-28-19-9-3-2-7-17(19)21(26)24-11-5-6-16(15-24)14-23-20(25)18-8-4-10-22-18/h2-3,7,9,16,18,22H,4-6,8,10-15H2,1H3,(H,23,25). The number of benzene rings is 1. The maximum atomic E-state index is 13.1. The predicted molar refractivity (Wildman–Crippen MR) is 106 cm³/mol. The quantitative estimate of drug-likeness (QED) is 0.658. The number of nitrogens with one attached hydrogen (secondary N) is 2. The molecule has 2 unspecified atom stereocenters. The number of likely N-dealkylation sites (tertiary alicyclic amines) is 1. The Kier molecular flexibility index (Phi) is 7.68. The van der Waals surface area contributed by atoms with E-state index in [9.17, 15) is 9.59 Å². The van der Waals surface area contributed by atoms with E-state index in [1.807, 2.05) is 29.2 Å². The van der Waals surface area contributed by atoms with Crippen molar-refractivity contribution < 1.29 is 19.1 Å². The van der Waals surface area contributed by atoms with Crippen LogP contribution in [0.1, 0.15) is 36.0 Å². The molecule has 2 aliphatic heterocycles. The molecule has 7 heteroatoms. The molecule has 28 heavy (non-hydrogen) atoms. The molecule has 2 amide bonds. The SMILES string of the molecule is COCCOc1ccccc1C(=O)N1CCCC(CNC(=O)C2CCCN2)C1. The van der Waals surface area contributed by atoms with Crippen molar-refractivity contribution in [3.05, 3.63) is 29.8 Å². The van der Waals surface area contributed by atoms with Crippen molar-refractivity contribution in [3.63, 3.8) is 0 Å². The van der Waals surface area contributed by atoms with Crippen molar-refractivity contribution in [1.29, 1.82) is 0 Å². The highest BCUT2D eigenvalue weighted by Crippen LogP contribution is 2.23. The molecule has 2 fully saturated rings. The molecule has 2 aliphatic rings. The number of hydrogen-bond donors (Lipinski definition) is 2. The molecular weight excluding hydrogens is 358 g/mol. The van der Waals surface area contributed by atoms with E-state index in [2.05, 4.69) is 10.6 Å². The minimum atomic E-state index is -0.0579. The third-order valence-electron chi connectivity index (χ3n) is 5.41. The number of para-hydroxylation sites is 1. The van der Waals surface area contributed by atoms with Crippen molar-refractivity contribution in [2.24, 2.45) is 5.92 Å². The first kappa shape index (κ1) is 20.6. The monoisotopic (exact) mass is 389 g/mol. The van der Waals surface area contributed by atoms with Crippen molar-refractivity contribution in [1.82, 2.24) is 15.5 Å². The van der Waals surface area contributed by atoms with Gasteiger partial charge in [0.2, 0.25) is 5.91 Å². The van der Waals surface area contributed by atoms with Crippen LogP contribution in [0.15, 0.2) is 24.3 Å². The van der Waals surface area contributed by atoms with E-state index in [1.165, 1.54) is 0 Å². The van der Waals surface area contributed by atoms with Gasteiger partial charge in [0.05, 0.1) is 18.2 Å². The van der Waals surface area contributed by atoms with Gasteiger partial charge in [0.15, 0.2) is 0 Å². The Bertz CT molecular complexity index is 661. The number of carbonyl (C=O) groups is 2. The Labute approximate surface area is 166 Å². The fraction of sp³-hybridized carbons (Fsp3) is 0.619. The van der Waals surface area contributed by atoms with Gasteiger partial charge in [-0.2, -0.15) is 0 Å². The van der Waals surface area contributed by atoms with Gasteiger partial charge in [-0.1, -0.05) is 12.1 Å². The maximum Gasteiger partial charge on any atom is 0.257 e. The summed E-state index contributed by atoms with van der Waals surface area (Å²) in [5.41, 5.74) is 0.582. The molecule has 0 spiro atoms. The number of ether oxygens (including phenoxy) is 2. The molecule has 0 saturated carbocycles. The van der Waals surface area contributed by atoms with Crippen LogP contribution in [0.3, 0.4) is 0 Å². The number of carbonyl (C=O) groups excluding carboxylic acids is 2. The van der Waals surface area contributed by atoms with Gasteiger partial charge >= 0.3 is 0 Å². The van der Waals surface area contributed by atoms with Crippen molar-refractivity contribution >= 4 is 11.8 Å². The number of hydrogen-bond acceptors (Lipinski definition) is 5. The van der Waals surface area contributed by atoms with E-state index in [0.717, 1.165) is 38.8 Å². The molecule has 2 N–H and O–H groups in total. The largest absolute Gasteiger partial charge is 0.490 e. The summed E-state index contributed by atoms with van der Waals surface area (Å²) in [7, 11) is 1.62. The molecule has 1 aromatic carbocycles. The van der Waals surface area contributed by atoms with E-state index in [1.54, 1.807) is 7.11 Å². The van der Waals surface area contributed by atoms with Gasteiger partial charge in [-0.15, -0.1) is 0 Å². The summed E-state index contributed by atoms with van der Waals surface area (Å²) in [6.45, 7) is 3.81. The second-order valence-electron chi connectivity index (χ2n) is 7.49. The molecule has 0 aliphatic carbocycles. The molecule has 0 radical (unpaired) electrons. The van der Waals surface area contributed by atoms with Crippen molar-refractivity contribution in [2.45, 2.75) is 31.7 Å². The molecule has 3 rings (SSSR count). The van der Waals surface area contributed by atoms with E-state index < -0.39 is 0 Å². The van der Waals surface area contributed by atoms with Crippen LogP contribution >= 0.6 is 0 Å². The fourth-order valence-corrected chi connectivity index (χ4v) is 3.87. The minimum absolute atomic E-state index is 0.0125. The van der Waals surface area contributed by atoms with E-state index in [-0.39, 0.29) is 23.8 Å². The molecule has 2 atom stereocenters. The lowest BCUT2D eigenvalue weighted by molar-refractivity contribution is -0.123. The Balaban J connectivity index is 1.54. The zero-order valence-electron chi connectivity index (χ0n) is 16.6. The summed E-state index contributed by atoms with van der Waals surface area (Å²) in [6.07, 6.45) is 3.92. The number of amides is 2. The van der Waals surface area contributed by atoms with Crippen LogP contribution < -0.4 is 15.4 Å². The lowest BCUT2D eigenvalue weighted by Gasteiger charge is -2.33. The van der Waals surface area contributed by atoms with Crippen LogP contribution in [0, 0.1) is 5.92 Å². The number of piperidine rings is 1. The van der Waals surface area contributed by atoms with Gasteiger partial charge in [-0.05, 0) is 50.3 Å². The van der Waals surface area contributed by atoms with Crippen molar-refractivity contribution in [2.75, 3.05) is 46.5 Å². The number of nitrogens with zero attached hydrogens (tertiary/aromatic N) is 1. The summed E-state index contributed by atoms with van der Waals surface area (Å²) in [4.78, 5) is 27.2. The first-order valence-corrected chi connectivity index (χ1v) is 10.2. The van der Waals surface area contributed by atoms with Gasteiger partial charge < -0.3 is 25.0 Å². The Morgan fingerprint density at radius 2 is 2.07 bits per heavy atom. The second kappa shape index (κ2) is 10.4. The third-order valence-corrected chi connectivity index (χ3v) is 5.41. The Hall–Kier alpha value is -2.12. The normalized spacial score (nSPS) is 22.1. The van der Waals surface area contributed by atoms with E-state index >= 15 is 0 Å². The highest BCUT2D eigenvalue weighted by Gasteiger charge is 2.28. The lowest BCUT2D eigenvalue weighted by Crippen LogP contribution is -2.46. The summed E-state index contributed by atoms with van der Waals surface area (Å²) < 4.78 is 10.7. The van der Waals surface area contributed by atoms with Crippen LogP contribution in [0.2, 0.25) is 0 Å². The highest BCUT2D eigenvalue weighted by molar-refractivity contribution is 5.97. The summed E-state index contributed by atoms with van der Waals surface area (Å²) in [5, 5.41) is 6.28. The van der Waals surface area contributed by atoms with Crippen LogP contribution in [0.25, 0.3) is 0 Å². The maximum absolute atomic E-state index is 13.1. The summed E-state index contributed by atoms with van der Waals surface area (Å²) in [6, 6.07) is 7.29. The van der Waals surface area contributed by atoms with Gasteiger partial charge in [-0.3, -0.25) is 9.59 Å². The molecule has 0 aromatic heterocycles. The first-order chi connectivity index (χ1) is 13.7. The Morgan fingerprint density at radius 3 is 2.86 bits per heavy atom. The number of rotatable bonds is 8. The second-order valence-corrected chi connectivity index (χ2v) is 7.49. The van der Waals surface area contributed by atoms with Crippen LogP contribution in [-0.4, -0.2) is 69.3 Å². The van der Waals surface area contributed by atoms with Gasteiger partial charge in [0.1, 0.15) is 12.4 Å². The molecule has 7 nitrogen and oxygen atoms in total. The Morgan fingerprint density at radius 1 is 1.21 bits per heavy atom. The van der Waals surface area contributed by atoms with E-state index in [4.69, 9.17) is 9.47 Å². The fourth-order valence-electron chi connectivity index (χ4n) is 3.87. The van der Waals surface area contributed by atoms with E-state index in [0.29, 0.717) is 37.6 Å². The highest BCUT2D eigenvalue weighted by atomic mass is 16.5. The van der Waals surface area contributed by atoms with Gasteiger partial charge in [0, 0.05) is 26.7 Å². The topological polar surface area (TPSA) is 79.9 Å². The summed E-state index contributed by atoms with van der Waals surface area (Å²) >= 11 is 0. The van der Waals surface area contributed by atoms with Crippen LogP contribution in [0.4, 0.5) is 0 Å². The first-order valence-electron chi connectivity index (χ1n) is 10.2. The molecular formula is C21H31N3O4. The number of methoxy groups -OCH3 is 1. The molecule has 2 saturated heterocycles. The summed E-state index contributed by atoms with van der Waals surface area (Å²) in [5.74, 6) is 0.941. The molecule has 2 heterocycles. The van der Waals surface area contributed by atoms with Crippen LogP contribution in [-0.2, 0) is 9.53 Å². The molecule has 0 bridgehead atoms. The lowest BCUT2D eigenvalue weighted by atomic mass is 9.97. The van der Waals surface area contributed by atoms with Crippen LogP contribution in [0.5, 0.6) is 5.75 Å². The van der Waals surface area contributed by atoms with Gasteiger partial charge in [-0.25, -0.2) is 0 Å². The average molecular weight is 389 g/mol. The smallest absolute Gasteiger partial charge is 0.257 e. The average Bonchev–Trinajstić information content (AvgIpc) is 3.27. The van der Waals surface area contributed by atoms with Crippen molar-refractivity contribution in [3.8, 4) is 5.75 Å². The molecule has 1 aromatic rings.